The summed E-state index contributed by atoms with van der Waals surface area (Å²) < 4.78 is 18.3. The lowest BCUT2D eigenvalue weighted by atomic mass is 10.1. The first-order chi connectivity index (χ1) is 7.20. The molecule has 0 radical (unpaired) electrons. The van der Waals surface area contributed by atoms with Crippen molar-refractivity contribution in [2.24, 2.45) is 10.9 Å². The molecule has 0 aliphatic carbocycles. The van der Waals surface area contributed by atoms with E-state index >= 15 is 0 Å². The summed E-state index contributed by atoms with van der Waals surface area (Å²) in [5.41, 5.74) is 5.17. The number of benzene rings is 1. The third-order valence-electron chi connectivity index (χ3n) is 1.69. The van der Waals surface area contributed by atoms with Gasteiger partial charge in [-0.15, -0.1) is 0 Å². The van der Waals surface area contributed by atoms with E-state index in [1.807, 2.05) is 0 Å². The Morgan fingerprint density at radius 1 is 1.53 bits per heavy atom. The van der Waals surface area contributed by atoms with Gasteiger partial charge in [0.2, 0.25) is 0 Å². The van der Waals surface area contributed by atoms with Crippen LogP contribution in [0.1, 0.15) is 5.56 Å². The highest BCUT2D eigenvalue weighted by molar-refractivity contribution is 5.99. The third kappa shape index (κ3) is 2.57. The summed E-state index contributed by atoms with van der Waals surface area (Å²) in [5.74, 6) is -0.902. The van der Waals surface area contributed by atoms with Crippen LogP contribution in [0.25, 0.3) is 0 Å². The number of rotatable bonds is 4. The molecule has 1 rings (SSSR count). The van der Waals surface area contributed by atoms with E-state index in [0.717, 1.165) is 0 Å². The first-order valence-corrected chi connectivity index (χ1v) is 4.20. The second-order valence-corrected chi connectivity index (χ2v) is 2.67. The lowest BCUT2D eigenvalue weighted by molar-refractivity contribution is 0.200. The molecule has 0 saturated heterocycles. The van der Waals surface area contributed by atoms with Gasteiger partial charge in [0, 0.05) is 0 Å². The Balaban J connectivity index is 3.09. The quantitative estimate of drug-likeness (QED) is 0.291. The summed E-state index contributed by atoms with van der Waals surface area (Å²) in [6.45, 7) is -0.193. The fourth-order valence-electron chi connectivity index (χ4n) is 1.08. The highest BCUT2D eigenvalue weighted by Crippen LogP contribution is 2.20. The molecule has 0 spiro atoms. The number of oxime groups is 1. The number of aliphatic hydroxyl groups excluding tert-OH is 1. The van der Waals surface area contributed by atoms with Gasteiger partial charge >= 0.3 is 0 Å². The van der Waals surface area contributed by atoms with Gasteiger partial charge in [-0.1, -0.05) is 11.2 Å². The Morgan fingerprint density at radius 2 is 2.27 bits per heavy atom. The van der Waals surface area contributed by atoms with E-state index < -0.39 is 5.82 Å². The zero-order valence-electron chi connectivity index (χ0n) is 7.85. The number of nitrogens with two attached hydrogens (primary N) is 1. The van der Waals surface area contributed by atoms with Gasteiger partial charge in [-0.2, -0.15) is 0 Å². The maximum Gasteiger partial charge on any atom is 0.176 e. The first-order valence-electron chi connectivity index (χ1n) is 4.20. The minimum Gasteiger partial charge on any atom is -0.490 e. The summed E-state index contributed by atoms with van der Waals surface area (Å²) in [4.78, 5) is 0. The van der Waals surface area contributed by atoms with E-state index in [2.05, 4.69) is 5.16 Å². The van der Waals surface area contributed by atoms with E-state index in [0.29, 0.717) is 0 Å². The zero-order valence-corrected chi connectivity index (χ0v) is 7.85. The highest BCUT2D eigenvalue weighted by atomic mass is 19.1. The van der Waals surface area contributed by atoms with E-state index in [4.69, 9.17) is 20.8 Å². The number of hydrogen-bond acceptors (Lipinski definition) is 4. The van der Waals surface area contributed by atoms with Crippen molar-refractivity contribution in [3.05, 3.63) is 29.6 Å². The molecule has 0 heterocycles. The molecule has 5 nitrogen and oxygen atoms in total. The van der Waals surface area contributed by atoms with Gasteiger partial charge in [-0.25, -0.2) is 4.39 Å². The Morgan fingerprint density at radius 3 is 2.87 bits per heavy atom. The fraction of sp³-hybridized carbons (Fsp3) is 0.222. The third-order valence-corrected chi connectivity index (χ3v) is 1.69. The van der Waals surface area contributed by atoms with Gasteiger partial charge in [0.1, 0.15) is 18.2 Å². The Labute approximate surface area is 85.6 Å². The molecule has 0 fully saturated rings. The predicted octanol–water partition coefficient (Wildman–Crippen LogP) is 0.291. The second kappa shape index (κ2) is 5.16. The minimum absolute atomic E-state index is 0.00909. The maximum atomic E-state index is 13.3. The van der Waals surface area contributed by atoms with E-state index in [1.165, 1.54) is 18.2 Å². The molecule has 0 unspecified atom stereocenters. The van der Waals surface area contributed by atoms with E-state index in [-0.39, 0.29) is 30.4 Å². The van der Waals surface area contributed by atoms with Crippen molar-refractivity contribution >= 4 is 5.84 Å². The van der Waals surface area contributed by atoms with Gasteiger partial charge in [0.15, 0.2) is 5.84 Å². The maximum absolute atomic E-state index is 13.3. The number of nitrogens with zero attached hydrogens (tertiary/aromatic N) is 1. The number of ether oxygens (including phenoxy) is 1. The van der Waals surface area contributed by atoms with Crippen LogP contribution >= 0.6 is 0 Å². The molecule has 0 amide bonds. The van der Waals surface area contributed by atoms with Crippen molar-refractivity contribution in [1.29, 1.82) is 0 Å². The number of halogens is 1. The highest BCUT2D eigenvalue weighted by Gasteiger charge is 2.13. The van der Waals surface area contributed by atoms with Crippen LogP contribution in [0.15, 0.2) is 23.4 Å². The van der Waals surface area contributed by atoms with Crippen LogP contribution in [0, 0.1) is 5.82 Å². The number of amidine groups is 1. The molecular weight excluding hydrogens is 203 g/mol. The van der Waals surface area contributed by atoms with Gasteiger partial charge in [0.05, 0.1) is 12.2 Å². The molecule has 82 valence electrons. The van der Waals surface area contributed by atoms with Crippen LogP contribution in [-0.2, 0) is 0 Å². The van der Waals surface area contributed by atoms with Gasteiger partial charge < -0.3 is 20.8 Å². The standard InChI is InChI=1S/C9H11FN2O3/c10-6-2-1-3-7(15-5-4-13)8(6)9(11)12-14/h1-3,13-14H,4-5H2,(H2,11,12). The van der Waals surface area contributed by atoms with Crippen LogP contribution in [-0.4, -0.2) is 29.4 Å². The van der Waals surface area contributed by atoms with E-state index in [9.17, 15) is 4.39 Å². The first kappa shape index (κ1) is 11.3. The second-order valence-electron chi connectivity index (χ2n) is 2.67. The molecule has 4 N–H and O–H groups in total. The number of aliphatic hydroxyl groups is 1. The lowest BCUT2D eigenvalue weighted by Gasteiger charge is -2.09. The normalized spacial score (nSPS) is 11.5. The molecule has 0 atom stereocenters. The average Bonchev–Trinajstić information content (AvgIpc) is 2.25. The van der Waals surface area contributed by atoms with Crippen LogP contribution < -0.4 is 10.5 Å². The molecule has 15 heavy (non-hydrogen) atoms. The Hall–Kier alpha value is -1.82. The summed E-state index contributed by atoms with van der Waals surface area (Å²) in [7, 11) is 0. The smallest absolute Gasteiger partial charge is 0.176 e. The van der Waals surface area contributed by atoms with Crippen molar-refractivity contribution in [3.8, 4) is 5.75 Å². The fourth-order valence-corrected chi connectivity index (χ4v) is 1.08. The Bertz CT molecular complexity index is 368. The minimum atomic E-state index is -0.652. The Kier molecular flexibility index (Phi) is 3.87. The molecule has 1 aromatic carbocycles. The molecule has 0 aromatic heterocycles. The largest absolute Gasteiger partial charge is 0.490 e. The average molecular weight is 214 g/mol. The molecule has 0 saturated carbocycles. The summed E-state index contributed by atoms with van der Waals surface area (Å²) in [6, 6.07) is 4.06. The lowest BCUT2D eigenvalue weighted by Crippen LogP contribution is -2.17. The SMILES string of the molecule is NC(=NO)c1c(F)cccc1OCCO. The van der Waals surface area contributed by atoms with Crippen molar-refractivity contribution in [2.45, 2.75) is 0 Å². The molecule has 0 aliphatic heterocycles. The molecular formula is C9H11FN2O3. The van der Waals surface area contributed by atoms with Crippen LogP contribution in [0.3, 0.4) is 0 Å². The summed E-state index contributed by atoms with van der Waals surface area (Å²) in [6.07, 6.45) is 0. The molecule has 0 aliphatic rings. The summed E-state index contributed by atoms with van der Waals surface area (Å²) >= 11 is 0. The van der Waals surface area contributed by atoms with Crippen molar-refractivity contribution < 1.29 is 19.4 Å². The van der Waals surface area contributed by atoms with Gasteiger partial charge in [-0.3, -0.25) is 0 Å². The van der Waals surface area contributed by atoms with Crippen molar-refractivity contribution in [1.82, 2.24) is 0 Å². The molecule has 1 aromatic rings. The topological polar surface area (TPSA) is 88.1 Å². The van der Waals surface area contributed by atoms with Crippen molar-refractivity contribution in [2.75, 3.05) is 13.2 Å². The zero-order chi connectivity index (χ0) is 11.3. The van der Waals surface area contributed by atoms with E-state index in [1.54, 1.807) is 0 Å². The molecule has 0 bridgehead atoms. The monoisotopic (exact) mass is 214 g/mol. The van der Waals surface area contributed by atoms with Crippen LogP contribution in [0.5, 0.6) is 5.75 Å². The number of hydrogen-bond donors (Lipinski definition) is 3. The van der Waals surface area contributed by atoms with Crippen LogP contribution in [0.2, 0.25) is 0 Å². The van der Waals surface area contributed by atoms with Crippen molar-refractivity contribution in [3.63, 3.8) is 0 Å². The summed E-state index contributed by atoms with van der Waals surface area (Å²) in [5, 5.41) is 19.7. The van der Waals surface area contributed by atoms with Gasteiger partial charge in [0.25, 0.3) is 0 Å². The predicted molar refractivity (Wildman–Crippen MR) is 51.5 cm³/mol. The van der Waals surface area contributed by atoms with Gasteiger partial charge in [-0.05, 0) is 12.1 Å². The molecule has 6 heteroatoms. The van der Waals surface area contributed by atoms with Crippen LogP contribution in [0.4, 0.5) is 4.39 Å².